The van der Waals surface area contributed by atoms with Crippen LogP contribution >= 0.6 is 0 Å². The van der Waals surface area contributed by atoms with Gasteiger partial charge in [0, 0.05) is 29.8 Å². The summed E-state index contributed by atoms with van der Waals surface area (Å²) in [7, 11) is 0. The van der Waals surface area contributed by atoms with E-state index in [0.717, 1.165) is 42.6 Å². The molecule has 0 atom stereocenters. The van der Waals surface area contributed by atoms with Crippen LogP contribution in [0.5, 0.6) is 6.01 Å². The van der Waals surface area contributed by atoms with Gasteiger partial charge < -0.3 is 10.1 Å². The van der Waals surface area contributed by atoms with E-state index < -0.39 is 0 Å². The molecule has 2 heterocycles. The molecule has 25 heavy (non-hydrogen) atoms. The highest BCUT2D eigenvalue weighted by molar-refractivity contribution is 5.78. The van der Waals surface area contributed by atoms with Crippen LogP contribution in [-0.4, -0.2) is 33.0 Å². The van der Waals surface area contributed by atoms with Crippen molar-refractivity contribution in [2.45, 2.75) is 58.1 Å². The molecule has 0 bridgehead atoms. The number of ether oxygens (including phenoxy) is 1. The third-order valence-corrected chi connectivity index (χ3v) is 4.36. The Kier molecular flexibility index (Phi) is 5.58. The van der Waals surface area contributed by atoms with E-state index >= 15 is 0 Å². The molecule has 1 aliphatic carbocycles. The van der Waals surface area contributed by atoms with Gasteiger partial charge in [-0.25, -0.2) is 9.97 Å². The molecule has 0 spiro atoms. The van der Waals surface area contributed by atoms with Gasteiger partial charge in [0.1, 0.15) is 6.10 Å². The van der Waals surface area contributed by atoms with Crippen molar-refractivity contribution in [3.05, 3.63) is 47.5 Å². The van der Waals surface area contributed by atoms with Crippen molar-refractivity contribution < 1.29 is 9.53 Å². The Morgan fingerprint density at radius 1 is 1.20 bits per heavy atom. The summed E-state index contributed by atoms with van der Waals surface area (Å²) in [5, 5.41) is 3.12. The molecule has 0 aromatic carbocycles. The van der Waals surface area contributed by atoms with Gasteiger partial charge in [0.2, 0.25) is 5.91 Å². The zero-order chi connectivity index (χ0) is 17.6. The Morgan fingerprint density at radius 2 is 1.92 bits per heavy atom. The van der Waals surface area contributed by atoms with Crippen LogP contribution in [0, 0.1) is 13.8 Å². The van der Waals surface area contributed by atoms with Crippen molar-refractivity contribution in [2.24, 2.45) is 0 Å². The van der Waals surface area contributed by atoms with Crippen molar-refractivity contribution in [3.8, 4) is 6.01 Å². The SMILES string of the molecule is Cc1cc(C)nc(OC2CCC(NC(=O)Cc3cccnc3)CC2)n1. The van der Waals surface area contributed by atoms with Crippen LogP contribution in [0.3, 0.4) is 0 Å². The van der Waals surface area contributed by atoms with E-state index in [1.54, 1.807) is 12.4 Å². The van der Waals surface area contributed by atoms with Crippen LogP contribution in [0.15, 0.2) is 30.6 Å². The fraction of sp³-hybridized carbons (Fsp3) is 0.474. The number of aromatic nitrogens is 3. The van der Waals surface area contributed by atoms with Gasteiger partial charge in [-0.2, -0.15) is 0 Å². The third kappa shape index (κ3) is 5.24. The van der Waals surface area contributed by atoms with Crippen LogP contribution < -0.4 is 10.1 Å². The van der Waals surface area contributed by atoms with Gasteiger partial charge >= 0.3 is 6.01 Å². The van der Waals surface area contributed by atoms with Gasteiger partial charge in [-0.3, -0.25) is 9.78 Å². The molecule has 3 rings (SSSR count). The van der Waals surface area contributed by atoms with Gasteiger partial charge in [-0.05, 0) is 57.2 Å². The molecule has 1 fully saturated rings. The van der Waals surface area contributed by atoms with Crippen LogP contribution in [-0.2, 0) is 11.2 Å². The van der Waals surface area contributed by atoms with Gasteiger partial charge in [0.25, 0.3) is 0 Å². The number of hydrogen-bond donors (Lipinski definition) is 1. The summed E-state index contributed by atoms with van der Waals surface area (Å²) in [6.07, 6.45) is 7.55. The Morgan fingerprint density at radius 3 is 2.56 bits per heavy atom. The summed E-state index contributed by atoms with van der Waals surface area (Å²) in [5.41, 5.74) is 2.77. The number of carbonyl (C=O) groups is 1. The molecule has 0 saturated heterocycles. The topological polar surface area (TPSA) is 77.0 Å². The number of amides is 1. The molecule has 1 amide bonds. The Balaban J connectivity index is 1.44. The molecule has 1 aliphatic rings. The fourth-order valence-electron chi connectivity index (χ4n) is 3.19. The Hall–Kier alpha value is -2.50. The molecule has 2 aromatic heterocycles. The molecule has 6 nitrogen and oxygen atoms in total. The predicted molar refractivity (Wildman–Crippen MR) is 94.3 cm³/mol. The lowest BCUT2D eigenvalue weighted by molar-refractivity contribution is -0.121. The van der Waals surface area contributed by atoms with E-state index in [4.69, 9.17) is 4.74 Å². The van der Waals surface area contributed by atoms with Gasteiger partial charge in [0.15, 0.2) is 0 Å². The summed E-state index contributed by atoms with van der Waals surface area (Å²) in [4.78, 5) is 24.8. The number of nitrogens with zero attached hydrogens (tertiary/aromatic N) is 3. The zero-order valence-electron chi connectivity index (χ0n) is 14.7. The first-order valence-corrected chi connectivity index (χ1v) is 8.75. The maximum Gasteiger partial charge on any atom is 0.317 e. The number of aryl methyl sites for hydroxylation is 2. The minimum absolute atomic E-state index is 0.0509. The maximum absolute atomic E-state index is 12.1. The molecule has 1 N–H and O–H groups in total. The molecule has 1 saturated carbocycles. The maximum atomic E-state index is 12.1. The molecular weight excluding hydrogens is 316 g/mol. The summed E-state index contributed by atoms with van der Waals surface area (Å²) in [5.74, 6) is 0.0509. The van der Waals surface area contributed by atoms with E-state index in [2.05, 4.69) is 20.3 Å². The second-order valence-corrected chi connectivity index (χ2v) is 6.63. The molecule has 132 valence electrons. The minimum Gasteiger partial charge on any atom is -0.460 e. The number of carbonyl (C=O) groups excluding carboxylic acids is 1. The average Bonchev–Trinajstić information content (AvgIpc) is 2.56. The molecule has 0 radical (unpaired) electrons. The fourth-order valence-corrected chi connectivity index (χ4v) is 3.19. The normalized spacial score (nSPS) is 20.1. The van der Waals surface area contributed by atoms with Crippen molar-refractivity contribution in [2.75, 3.05) is 0 Å². The number of pyridine rings is 1. The summed E-state index contributed by atoms with van der Waals surface area (Å²) < 4.78 is 5.92. The smallest absolute Gasteiger partial charge is 0.317 e. The first kappa shape index (κ1) is 17.3. The molecule has 0 aliphatic heterocycles. The highest BCUT2D eigenvalue weighted by atomic mass is 16.5. The van der Waals surface area contributed by atoms with Crippen molar-refractivity contribution in [1.29, 1.82) is 0 Å². The van der Waals surface area contributed by atoms with E-state index in [-0.39, 0.29) is 18.1 Å². The van der Waals surface area contributed by atoms with Crippen LogP contribution in [0.25, 0.3) is 0 Å². The standard InChI is InChI=1S/C19H24N4O2/c1-13-10-14(2)22-19(21-13)25-17-7-5-16(6-8-17)23-18(24)11-15-4-3-9-20-12-15/h3-4,9-10,12,16-17H,5-8,11H2,1-2H3,(H,23,24). The lowest BCUT2D eigenvalue weighted by atomic mass is 9.93. The molecule has 2 aromatic rings. The number of hydrogen-bond acceptors (Lipinski definition) is 5. The highest BCUT2D eigenvalue weighted by Gasteiger charge is 2.24. The predicted octanol–water partition coefficient (Wildman–Crippen LogP) is 2.54. The summed E-state index contributed by atoms with van der Waals surface area (Å²) in [6.45, 7) is 3.88. The Bertz CT molecular complexity index is 692. The number of nitrogens with one attached hydrogen (secondary N) is 1. The van der Waals surface area contributed by atoms with E-state index in [1.165, 1.54) is 0 Å². The van der Waals surface area contributed by atoms with Gasteiger partial charge in [-0.1, -0.05) is 6.07 Å². The van der Waals surface area contributed by atoms with Crippen molar-refractivity contribution in [1.82, 2.24) is 20.3 Å². The number of rotatable bonds is 5. The quantitative estimate of drug-likeness (QED) is 0.905. The lowest BCUT2D eigenvalue weighted by Crippen LogP contribution is -2.40. The highest BCUT2D eigenvalue weighted by Crippen LogP contribution is 2.22. The van der Waals surface area contributed by atoms with Crippen molar-refractivity contribution in [3.63, 3.8) is 0 Å². The monoisotopic (exact) mass is 340 g/mol. The van der Waals surface area contributed by atoms with Crippen LogP contribution in [0.1, 0.15) is 42.6 Å². The Labute approximate surface area is 148 Å². The second kappa shape index (κ2) is 8.05. The van der Waals surface area contributed by atoms with E-state index in [9.17, 15) is 4.79 Å². The van der Waals surface area contributed by atoms with E-state index in [1.807, 2.05) is 32.0 Å². The largest absolute Gasteiger partial charge is 0.460 e. The zero-order valence-corrected chi connectivity index (χ0v) is 14.7. The van der Waals surface area contributed by atoms with Gasteiger partial charge in [0.05, 0.1) is 6.42 Å². The average molecular weight is 340 g/mol. The van der Waals surface area contributed by atoms with Gasteiger partial charge in [-0.15, -0.1) is 0 Å². The van der Waals surface area contributed by atoms with Crippen LogP contribution in [0.2, 0.25) is 0 Å². The minimum atomic E-state index is 0.0509. The van der Waals surface area contributed by atoms with Crippen molar-refractivity contribution >= 4 is 5.91 Å². The summed E-state index contributed by atoms with van der Waals surface area (Å²) >= 11 is 0. The van der Waals surface area contributed by atoms with E-state index in [0.29, 0.717) is 12.4 Å². The molecule has 6 heteroatoms. The molecule has 0 unspecified atom stereocenters. The summed E-state index contributed by atoms with van der Waals surface area (Å²) in [6, 6.07) is 6.37. The first-order chi connectivity index (χ1) is 12.1. The third-order valence-electron chi connectivity index (χ3n) is 4.36. The first-order valence-electron chi connectivity index (χ1n) is 8.75. The molecular formula is C19H24N4O2. The second-order valence-electron chi connectivity index (χ2n) is 6.63. The van der Waals surface area contributed by atoms with Crippen LogP contribution in [0.4, 0.5) is 0 Å². The lowest BCUT2D eigenvalue weighted by Gasteiger charge is -2.29.